The van der Waals surface area contributed by atoms with Gasteiger partial charge in [-0.25, -0.2) is 0 Å². The lowest BCUT2D eigenvalue weighted by Crippen LogP contribution is -2.28. The molecule has 0 aliphatic heterocycles. The van der Waals surface area contributed by atoms with Gasteiger partial charge in [-0.2, -0.15) is 18.3 Å². The molecule has 0 atom stereocenters. The Morgan fingerprint density at radius 1 is 1.00 bits per heavy atom. The SMILES string of the molecule is CC(C)(C)c1cnn(CC(F)(F)F)c1C(C)(C)C. The molecule has 5 heteroatoms. The maximum atomic E-state index is 12.6. The molecule has 0 saturated carbocycles. The Morgan fingerprint density at radius 2 is 1.50 bits per heavy atom. The van der Waals surface area contributed by atoms with Gasteiger partial charge in [0.1, 0.15) is 6.54 Å². The smallest absolute Gasteiger partial charge is 0.260 e. The molecule has 1 heterocycles. The molecule has 0 spiro atoms. The van der Waals surface area contributed by atoms with Crippen molar-refractivity contribution in [1.29, 1.82) is 0 Å². The molecule has 0 bridgehead atoms. The van der Waals surface area contributed by atoms with Crippen LogP contribution in [0, 0.1) is 0 Å². The normalized spacial score (nSPS) is 14.1. The van der Waals surface area contributed by atoms with Crippen molar-refractivity contribution < 1.29 is 13.2 Å². The first kappa shape index (κ1) is 15.1. The van der Waals surface area contributed by atoms with E-state index in [0.717, 1.165) is 10.2 Å². The van der Waals surface area contributed by atoms with E-state index in [1.807, 2.05) is 41.5 Å². The van der Waals surface area contributed by atoms with Crippen molar-refractivity contribution in [2.24, 2.45) is 0 Å². The van der Waals surface area contributed by atoms with Crippen molar-refractivity contribution >= 4 is 0 Å². The molecule has 0 fully saturated rings. The third-order valence-electron chi connectivity index (χ3n) is 2.69. The fourth-order valence-electron chi connectivity index (χ4n) is 2.02. The summed E-state index contributed by atoms with van der Waals surface area (Å²) in [5.41, 5.74) is 0.947. The highest BCUT2D eigenvalue weighted by atomic mass is 19.4. The molecule has 0 aromatic carbocycles. The van der Waals surface area contributed by atoms with Crippen LogP contribution >= 0.6 is 0 Å². The summed E-state index contributed by atoms with van der Waals surface area (Å²) in [6.45, 7) is 10.6. The van der Waals surface area contributed by atoms with E-state index < -0.39 is 12.7 Å². The minimum atomic E-state index is -4.25. The van der Waals surface area contributed by atoms with Crippen molar-refractivity contribution in [1.82, 2.24) is 9.78 Å². The largest absolute Gasteiger partial charge is 0.408 e. The van der Waals surface area contributed by atoms with Gasteiger partial charge in [0.25, 0.3) is 0 Å². The summed E-state index contributed by atoms with van der Waals surface area (Å²) in [5, 5.41) is 3.93. The molecule has 18 heavy (non-hydrogen) atoms. The molecular formula is C13H21F3N2. The van der Waals surface area contributed by atoms with Gasteiger partial charge in [-0.15, -0.1) is 0 Å². The Morgan fingerprint density at radius 3 is 1.83 bits per heavy atom. The molecule has 1 aromatic rings. The van der Waals surface area contributed by atoms with Crippen LogP contribution < -0.4 is 0 Å². The van der Waals surface area contributed by atoms with Gasteiger partial charge in [0.2, 0.25) is 0 Å². The Bertz CT molecular complexity index is 417. The molecule has 1 rings (SSSR count). The first-order chi connectivity index (χ1) is 7.82. The Hall–Kier alpha value is -1.00. The van der Waals surface area contributed by atoms with Crippen LogP contribution in [0.4, 0.5) is 13.2 Å². The Labute approximate surface area is 106 Å². The van der Waals surface area contributed by atoms with Gasteiger partial charge in [0.05, 0.1) is 6.20 Å². The van der Waals surface area contributed by atoms with Crippen LogP contribution in [0.25, 0.3) is 0 Å². The fraction of sp³-hybridized carbons (Fsp3) is 0.769. The number of rotatable bonds is 1. The summed E-state index contributed by atoms with van der Waals surface area (Å²) in [5.74, 6) is 0. The van der Waals surface area contributed by atoms with Crippen molar-refractivity contribution in [3.05, 3.63) is 17.5 Å². The minimum Gasteiger partial charge on any atom is -0.260 e. The third-order valence-corrected chi connectivity index (χ3v) is 2.69. The van der Waals surface area contributed by atoms with Crippen molar-refractivity contribution in [2.45, 2.75) is 65.1 Å². The third kappa shape index (κ3) is 3.50. The van der Waals surface area contributed by atoms with Crippen LogP contribution in [0.3, 0.4) is 0 Å². The van der Waals surface area contributed by atoms with Crippen LogP contribution in [-0.2, 0) is 17.4 Å². The van der Waals surface area contributed by atoms with Crippen molar-refractivity contribution in [2.75, 3.05) is 0 Å². The molecule has 0 N–H and O–H groups in total. The lowest BCUT2D eigenvalue weighted by molar-refractivity contribution is -0.143. The van der Waals surface area contributed by atoms with E-state index in [9.17, 15) is 13.2 Å². The monoisotopic (exact) mass is 262 g/mol. The van der Waals surface area contributed by atoms with Gasteiger partial charge >= 0.3 is 6.18 Å². The zero-order chi connectivity index (χ0) is 14.4. The quantitative estimate of drug-likeness (QED) is 0.747. The second-order valence-electron chi connectivity index (χ2n) is 6.68. The Kier molecular flexibility index (Phi) is 3.58. The van der Waals surface area contributed by atoms with E-state index in [0.29, 0.717) is 5.69 Å². The highest BCUT2D eigenvalue weighted by molar-refractivity contribution is 5.31. The van der Waals surface area contributed by atoms with Crippen LogP contribution in [0.5, 0.6) is 0 Å². The number of aromatic nitrogens is 2. The highest BCUT2D eigenvalue weighted by Crippen LogP contribution is 2.34. The fourth-order valence-corrected chi connectivity index (χ4v) is 2.02. The van der Waals surface area contributed by atoms with E-state index in [1.54, 1.807) is 6.20 Å². The number of hydrogen-bond acceptors (Lipinski definition) is 1. The van der Waals surface area contributed by atoms with Gasteiger partial charge in [0.15, 0.2) is 0 Å². The summed E-state index contributed by atoms with van der Waals surface area (Å²) in [6.07, 6.45) is -2.69. The molecule has 0 unspecified atom stereocenters. The van der Waals surface area contributed by atoms with Gasteiger partial charge in [-0.3, -0.25) is 4.68 Å². The minimum absolute atomic E-state index is 0.216. The van der Waals surface area contributed by atoms with Crippen LogP contribution in [0.1, 0.15) is 52.8 Å². The van der Waals surface area contributed by atoms with Gasteiger partial charge in [0, 0.05) is 11.1 Å². The van der Waals surface area contributed by atoms with E-state index in [-0.39, 0.29) is 10.8 Å². The van der Waals surface area contributed by atoms with E-state index in [2.05, 4.69) is 5.10 Å². The average molecular weight is 262 g/mol. The zero-order valence-corrected chi connectivity index (χ0v) is 11.8. The summed E-state index contributed by atoms with van der Waals surface area (Å²) < 4.78 is 38.7. The number of halogens is 3. The summed E-state index contributed by atoms with van der Waals surface area (Å²) in [6, 6.07) is 0. The molecule has 1 aromatic heterocycles. The molecule has 0 amide bonds. The topological polar surface area (TPSA) is 17.8 Å². The zero-order valence-electron chi connectivity index (χ0n) is 11.8. The van der Waals surface area contributed by atoms with Crippen molar-refractivity contribution in [3.8, 4) is 0 Å². The predicted molar refractivity (Wildman–Crippen MR) is 65.7 cm³/mol. The van der Waals surface area contributed by atoms with E-state index in [1.165, 1.54) is 0 Å². The van der Waals surface area contributed by atoms with Crippen molar-refractivity contribution in [3.63, 3.8) is 0 Å². The van der Waals surface area contributed by atoms with Gasteiger partial charge in [-0.05, 0) is 11.0 Å². The number of alkyl halides is 3. The van der Waals surface area contributed by atoms with Gasteiger partial charge < -0.3 is 0 Å². The molecule has 0 aliphatic rings. The Balaban J connectivity index is 3.34. The highest BCUT2D eigenvalue weighted by Gasteiger charge is 2.35. The second kappa shape index (κ2) is 4.28. The number of nitrogens with zero attached hydrogens (tertiary/aromatic N) is 2. The maximum absolute atomic E-state index is 12.6. The lowest BCUT2D eigenvalue weighted by atomic mass is 9.79. The predicted octanol–water partition coefficient (Wildman–Crippen LogP) is 4.04. The van der Waals surface area contributed by atoms with Crippen LogP contribution in [0.15, 0.2) is 6.20 Å². The lowest BCUT2D eigenvalue weighted by Gasteiger charge is -2.28. The second-order valence-corrected chi connectivity index (χ2v) is 6.68. The number of hydrogen-bond donors (Lipinski definition) is 0. The van der Waals surface area contributed by atoms with E-state index in [4.69, 9.17) is 0 Å². The average Bonchev–Trinajstić information content (AvgIpc) is 2.41. The molecule has 0 aliphatic carbocycles. The van der Waals surface area contributed by atoms with Crippen LogP contribution in [-0.4, -0.2) is 16.0 Å². The van der Waals surface area contributed by atoms with Crippen LogP contribution in [0.2, 0.25) is 0 Å². The first-order valence-corrected chi connectivity index (χ1v) is 5.96. The molecule has 2 nitrogen and oxygen atoms in total. The summed E-state index contributed by atoms with van der Waals surface area (Å²) in [4.78, 5) is 0. The maximum Gasteiger partial charge on any atom is 0.408 e. The molecular weight excluding hydrogens is 241 g/mol. The molecule has 0 saturated heterocycles. The summed E-state index contributed by atoms with van der Waals surface area (Å²) in [7, 11) is 0. The molecule has 104 valence electrons. The summed E-state index contributed by atoms with van der Waals surface area (Å²) >= 11 is 0. The standard InChI is InChI=1S/C13H21F3N2/c1-11(2,3)9-7-17-18(8-13(14,15)16)10(9)12(4,5)6/h7H,8H2,1-6H3. The van der Waals surface area contributed by atoms with E-state index >= 15 is 0 Å². The first-order valence-electron chi connectivity index (χ1n) is 5.96. The molecule has 0 radical (unpaired) electrons. The van der Waals surface area contributed by atoms with Gasteiger partial charge in [-0.1, -0.05) is 41.5 Å².